The Balaban J connectivity index is 2.56. The summed E-state index contributed by atoms with van der Waals surface area (Å²) in [5, 5.41) is 0. The number of carbonyl (C=O) groups excluding carboxylic acids is 1. The van der Waals surface area contributed by atoms with Crippen LogP contribution in [0.3, 0.4) is 0 Å². The molecule has 1 rings (SSSR count). The molecule has 0 heterocycles. The molecule has 0 saturated carbocycles. The van der Waals surface area contributed by atoms with Gasteiger partial charge in [-0.2, -0.15) is 0 Å². The predicted molar refractivity (Wildman–Crippen MR) is 68.2 cm³/mol. The van der Waals surface area contributed by atoms with Crippen molar-refractivity contribution in [2.24, 2.45) is 11.7 Å². The lowest BCUT2D eigenvalue weighted by atomic mass is 9.91. The van der Waals surface area contributed by atoms with Crippen molar-refractivity contribution in [2.45, 2.75) is 64.8 Å². The second-order valence-corrected chi connectivity index (χ2v) is 5.28. The molecule has 0 spiro atoms. The summed E-state index contributed by atoms with van der Waals surface area (Å²) >= 11 is 0. The summed E-state index contributed by atoms with van der Waals surface area (Å²) in [4.78, 5) is 12.1. The fraction of sp³-hybridized carbons (Fsp3) is 0.786. The summed E-state index contributed by atoms with van der Waals surface area (Å²) in [6, 6.07) is -0.286. The molecule has 16 heavy (non-hydrogen) atoms. The summed E-state index contributed by atoms with van der Waals surface area (Å²) in [5.41, 5.74) is 6.94. The minimum atomic E-state index is -0.286. The van der Waals surface area contributed by atoms with Crippen LogP contribution >= 0.6 is 0 Å². The highest BCUT2D eigenvalue weighted by molar-refractivity contribution is 5.99. The van der Waals surface area contributed by atoms with E-state index < -0.39 is 0 Å². The van der Waals surface area contributed by atoms with E-state index in [1.54, 1.807) is 0 Å². The Labute approximate surface area is 99.3 Å². The molecule has 1 unspecified atom stereocenters. The molecule has 2 heteroatoms. The summed E-state index contributed by atoms with van der Waals surface area (Å²) in [7, 11) is 0. The van der Waals surface area contributed by atoms with Crippen LogP contribution in [0.5, 0.6) is 0 Å². The third-order valence-corrected chi connectivity index (χ3v) is 3.17. The number of nitrogens with two attached hydrogens (primary N) is 1. The van der Waals surface area contributed by atoms with Gasteiger partial charge in [0.05, 0.1) is 6.04 Å². The molecule has 0 radical (unpaired) electrons. The van der Waals surface area contributed by atoms with Gasteiger partial charge in [0, 0.05) is 0 Å². The summed E-state index contributed by atoms with van der Waals surface area (Å²) in [6.45, 7) is 4.22. The van der Waals surface area contributed by atoms with Gasteiger partial charge in [-0.1, -0.05) is 32.8 Å². The molecule has 1 aliphatic carbocycles. The number of hydrogen-bond acceptors (Lipinski definition) is 2. The molecule has 2 nitrogen and oxygen atoms in total. The van der Waals surface area contributed by atoms with Gasteiger partial charge < -0.3 is 5.73 Å². The smallest absolute Gasteiger partial charge is 0.175 e. The highest BCUT2D eigenvalue weighted by atomic mass is 16.1. The lowest BCUT2D eigenvalue weighted by molar-refractivity contribution is -0.117. The molecule has 0 aliphatic heterocycles. The largest absolute Gasteiger partial charge is 0.321 e. The van der Waals surface area contributed by atoms with Crippen molar-refractivity contribution in [3.05, 3.63) is 11.6 Å². The van der Waals surface area contributed by atoms with Crippen LogP contribution in [0.2, 0.25) is 0 Å². The normalized spacial score (nSPS) is 19.9. The molecule has 0 amide bonds. The van der Waals surface area contributed by atoms with Crippen LogP contribution in [-0.4, -0.2) is 11.8 Å². The first kappa shape index (κ1) is 13.4. The first-order chi connectivity index (χ1) is 7.61. The lowest BCUT2D eigenvalue weighted by Crippen LogP contribution is -2.33. The van der Waals surface area contributed by atoms with E-state index in [-0.39, 0.29) is 11.8 Å². The van der Waals surface area contributed by atoms with Gasteiger partial charge in [0.15, 0.2) is 5.78 Å². The van der Waals surface area contributed by atoms with Gasteiger partial charge in [-0.05, 0) is 43.6 Å². The second-order valence-electron chi connectivity index (χ2n) is 5.28. The topological polar surface area (TPSA) is 43.1 Å². The van der Waals surface area contributed by atoms with Crippen molar-refractivity contribution in [3.63, 3.8) is 0 Å². The van der Waals surface area contributed by atoms with E-state index in [9.17, 15) is 4.79 Å². The fourth-order valence-electron chi connectivity index (χ4n) is 2.27. The minimum absolute atomic E-state index is 0.190. The third kappa shape index (κ3) is 4.48. The van der Waals surface area contributed by atoms with E-state index in [4.69, 9.17) is 5.73 Å². The number of hydrogen-bond donors (Lipinski definition) is 1. The Kier molecular flexibility index (Phi) is 5.75. The molecular weight excluding hydrogens is 198 g/mol. The zero-order valence-corrected chi connectivity index (χ0v) is 10.7. The van der Waals surface area contributed by atoms with E-state index >= 15 is 0 Å². The monoisotopic (exact) mass is 223 g/mol. The van der Waals surface area contributed by atoms with Gasteiger partial charge in [-0.15, -0.1) is 0 Å². The molecular formula is C14H25NO. The molecule has 0 saturated heterocycles. The van der Waals surface area contributed by atoms with E-state index in [2.05, 4.69) is 19.9 Å². The second kappa shape index (κ2) is 6.85. The minimum Gasteiger partial charge on any atom is -0.321 e. The number of rotatable bonds is 4. The average molecular weight is 223 g/mol. The van der Waals surface area contributed by atoms with Gasteiger partial charge in [-0.25, -0.2) is 0 Å². The van der Waals surface area contributed by atoms with Gasteiger partial charge in [-0.3, -0.25) is 4.79 Å². The lowest BCUT2D eigenvalue weighted by Gasteiger charge is -2.16. The highest BCUT2D eigenvalue weighted by Gasteiger charge is 2.19. The Morgan fingerprint density at radius 2 is 2.00 bits per heavy atom. The van der Waals surface area contributed by atoms with Crippen molar-refractivity contribution in [3.8, 4) is 0 Å². The van der Waals surface area contributed by atoms with Gasteiger partial charge in [0.1, 0.15) is 0 Å². The summed E-state index contributed by atoms with van der Waals surface area (Å²) in [5.74, 6) is 0.684. The number of ketones is 1. The number of Topliss-reactive ketones (excluding diaryl/α,β-unsaturated/α-hetero) is 1. The van der Waals surface area contributed by atoms with Gasteiger partial charge in [0.2, 0.25) is 0 Å². The molecule has 0 aromatic rings. The van der Waals surface area contributed by atoms with Crippen molar-refractivity contribution >= 4 is 5.78 Å². The predicted octanol–water partition coefficient (Wildman–Crippen LogP) is 3.21. The molecule has 1 atom stereocenters. The molecule has 0 aromatic carbocycles. The van der Waals surface area contributed by atoms with Crippen LogP contribution in [0, 0.1) is 5.92 Å². The van der Waals surface area contributed by atoms with E-state index in [1.165, 1.54) is 19.3 Å². The molecule has 92 valence electrons. The van der Waals surface area contributed by atoms with Crippen LogP contribution in [-0.2, 0) is 4.79 Å². The standard InChI is InChI=1S/C14H25NO/c1-11(2)10-13(15)14(16)12-8-6-4-3-5-7-9-12/h8,11,13H,3-7,9-10,15H2,1-2H3. The van der Waals surface area contributed by atoms with E-state index in [0.29, 0.717) is 5.92 Å². The van der Waals surface area contributed by atoms with Crippen molar-refractivity contribution in [2.75, 3.05) is 0 Å². The van der Waals surface area contributed by atoms with Crippen molar-refractivity contribution in [1.82, 2.24) is 0 Å². The van der Waals surface area contributed by atoms with Crippen LogP contribution in [0.25, 0.3) is 0 Å². The van der Waals surface area contributed by atoms with E-state index in [1.807, 2.05) is 0 Å². The van der Waals surface area contributed by atoms with E-state index in [0.717, 1.165) is 31.3 Å². The first-order valence-electron chi connectivity index (χ1n) is 6.60. The van der Waals surface area contributed by atoms with Crippen LogP contribution in [0.15, 0.2) is 11.6 Å². The summed E-state index contributed by atoms with van der Waals surface area (Å²) < 4.78 is 0. The zero-order valence-electron chi connectivity index (χ0n) is 10.7. The fourth-order valence-corrected chi connectivity index (χ4v) is 2.27. The Bertz CT molecular complexity index is 255. The molecule has 1 aliphatic rings. The Morgan fingerprint density at radius 3 is 2.69 bits per heavy atom. The van der Waals surface area contributed by atoms with Gasteiger partial charge >= 0.3 is 0 Å². The van der Waals surface area contributed by atoms with Crippen molar-refractivity contribution in [1.29, 1.82) is 0 Å². The number of allylic oxidation sites excluding steroid dienone is 1. The maximum absolute atomic E-state index is 12.1. The van der Waals surface area contributed by atoms with Crippen LogP contribution in [0.4, 0.5) is 0 Å². The third-order valence-electron chi connectivity index (χ3n) is 3.17. The first-order valence-corrected chi connectivity index (χ1v) is 6.60. The van der Waals surface area contributed by atoms with Crippen molar-refractivity contribution < 1.29 is 4.79 Å². The quantitative estimate of drug-likeness (QED) is 0.795. The number of carbonyl (C=O) groups is 1. The van der Waals surface area contributed by atoms with Crippen LogP contribution < -0.4 is 5.73 Å². The maximum Gasteiger partial charge on any atom is 0.175 e. The molecule has 0 aromatic heterocycles. The SMILES string of the molecule is CC(C)CC(N)C(=O)C1=CCCCCCC1. The molecule has 2 N–H and O–H groups in total. The Hall–Kier alpha value is -0.630. The van der Waals surface area contributed by atoms with Crippen LogP contribution in [0.1, 0.15) is 58.8 Å². The van der Waals surface area contributed by atoms with Gasteiger partial charge in [0.25, 0.3) is 0 Å². The average Bonchev–Trinajstić information content (AvgIpc) is 2.15. The highest BCUT2D eigenvalue weighted by Crippen LogP contribution is 2.19. The maximum atomic E-state index is 12.1. The molecule has 0 fully saturated rings. The molecule has 0 bridgehead atoms. The zero-order chi connectivity index (χ0) is 12.0. The Morgan fingerprint density at radius 1 is 1.31 bits per heavy atom. The summed E-state index contributed by atoms with van der Waals surface area (Å²) in [6.07, 6.45) is 9.83.